The van der Waals surface area contributed by atoms with E-state index in [1.54, 1.807) is 26.0 Å². The third-order valence-corrected chi connectivity index (χ3v) is 4.40. The number of thioether (sulfide) groups is 1. The summed E-state index contributed by atoms with van der Waals surface area (Å²) in [4.78, 5) is 19.6. The number of aromatic carboxylic acids is 1. The number of benzene rings is 1. The molecule has 0 bridgehead atoms. The van der Waals surface area contributed by atoms with Gasteiger partial charge in [0.1, 0.15) is 22.2 Å². The second-order valence-corrected chi connectivity index (χ2v) is 6.20. The minimum atomic E-state index is -1.05. The number of carbonyl (C=O) groups is 1. The van der Waals surface area contributed by atoms with Gasteiger partial charge in [-0.1, -0.05) is 6.07 Å². The van der Waals surface area contributed by atoms with E-state index >= 15 is 0 Å². The first-order valence-electron chi connectivity index (χ1n) is 6.03. The van der Waals surface area contributed by atoms with Crippen molar-refractivity contribution in [3.63, 3.8) is 0 Å². The van der Waals surface area contributed by atoms with Gasteiger partial charge < -0.3 is 5.11 Å². The molecular formula is C14H12BrFN2O2S. The Morgan fingerprint density at radius 2 is 2.10 bits per heavy atom. The largest absolute Gasteiger partial charge is 0.478 e. The Labute approximate surface area is 133 Å². The van der Waals surface area contributed by atoms with E-state index < -0.39 is 5.97 Å². The molecule has 1 heterocycles. The fraction of sp³-hybridized carbons (Fsp3) is 0.214. The minimum absolute atomic E-state index is 0.117. The lowest BCUT2D eigenvalue weighted by Crippen LogP contribution is -2.08. The lowest BCUT2D eigenvalue weighted by Gasteiger charge is -2.09. The van der Waals surface area contributed by atoms with Gasteiger partial charge in [-0.05, 0) is 47.5 Å². The van der Waals surface area contributed by atoms with E-state index in [1.807, 2.05) is 0 Å². The molecule has 0 radical (unpaired) electrons. The maximum atomic E-state index is 13.2. The van der Waals surface area contributed by atoms with Gasteiger partial charge in [-0.3, -0.25) is 0 Å². The molecule has 0 atom stereocenters. The van der Waals surface area contributed by atoms with Crippen molar-refractivity contribution in [1.29, 1.82) is 0 Å². The quantitative estimate of drug-likeness (QED) is 0.651. The van der Waals surface area contributed by atoms with Crippen LogP contribution in [0.2, 0.25) is 0 Å². The fourth-order valence-corrected chi connectivity index (χ4v) is 3.30. The van der Waals surface area contributed by atoms with Crippen LogP contribution < -0.4 is 0 Å². The van der Waals surface area contributed by atoms with Crippen LogP contribution in [0, 0.1) is 19.7 Å². The topological polar surface area (TPSA) is 63.1 Å². The molecule has 0 saturated carbocycles. The third-order valence-electron chi connectivity index (χ3n) is 2.74. The number of hydrogen-bond acceptors (Lipinski definition) is 4. The highest BCUT2D eigenvalue weighted by Gasteiger charge is 2.17. The monoisotopic (exact) mass is 370 g/mol. The molecule has 0 fully saturated rings. The van der Waals surface area contributed by atoms with E-state index in [4.69, 9.17) is 0 Å². The van der Waals surface area contributed by atoms with Gasteiger partial charge in [0.25, 0.3) is 0 Å². The van der Waals surface area contributed by atoms with Crippen molar-refractivity contribution < 1.29 is 14.3 Å². The van der Waals surface area contributed by atoms with Crippen molar-refractivity contribution in [2.24, 2.45) is 0 Å². The van der Waals surface area contributed by atoms with Crippen LogP contribution in [0.4, 0.5) is 4.39 Å². The van der Waals surface area contributed by atoms with Gasteiger partial charge in [-0.2, -0.15) is 0 Å². The first-order valence-corrected chi connectivity index (χ1v) is 7.81. The maximum Gasteiger partial charge on any atom is 0.340 e. The zero-order valence-corrected chi connectivity index (χ0v) is 13.8. The van der Waals surface area contributed by atoms with Crippen molar-refractivity contribution in [3.05, 3.63) is 51.1 Å². The van der Waals surface area contributed by atoms with Gasteiger partial charge in [0.2, 0.25) is 0 Å². The minimum Gasteiger partial charge on any atom is -0.478 e. The summed E-state index contributed by atoms with van der Waals surface area (Å²) < 4.78 is 13.6. The van der Waals surface area contributed by atoms with E-state index in [2.05, 4.69) is 25.9 Å². The van der Waals surface area contributed by atoms with Crippen LogP contribution in [0.3, 0.4) is 0 Å². The van der Waals surface area contributed by atoms with E-state index in [0.29, 0.717) is 26.8 Å². The van der Waals surface area contributed by atoms with Crippen LogP contribution in [0.5, 0.6) is 0 Å². The predicted octanol–water partition coefficient (Wildman–Crippen LogP) is 3.99. The average molecular weight is 371 g/mol. The molecule has 2 rings (SSSR count). The van der Waals surface area contributed by atoms with Gasteiger partial charge in [-0.15, -0.1) is 11.8 Å². The number of carboxylic acids is 1. The summed E-state index contributed by atoms with van der Waals surface area (Å²) >= 11 is 4.43. The lowest BCUT2D eigenvalue weighted by atomic mass is 10.2. The van der Waals surface area contributed by atoms with Crippen LogP contribution in [0.15, 0.2) is 27.7 Å². The van der Waals surface area contributed by atoms with E-state index in [9.17, 15) is 14.3 Å². The van der Waals surface area contributed by atoms with Gasteiger partial charge in [0.05, 0.1) is 10.2 Å². The summed E-state index contributed by atoms with van der Waals surface area (Å²) in [5, 5.41) is 9.69. The summed E-state index contributed by atoms with van der Waals surface area (Å²) in [6.07, 6.45) is 0. The number of hydrogen-bond donors (Lipinski definition) is 1. The summed E-state index contributed by atoms with van der Waals surface area (Å²) in [5.74, 6) is -0.353. The first kappa shape index (κ1) is 15.9. The molecule has 0 saturated heterocycles. The number of aromatic nitrogens is 2. The van der Waals surface area contributed by atoms with Crippen molar-refractivity contribution in [2.45, 2.75) is 24.6 Å². The van der Waals surface area contributed by atoms with E-state index in [-0.39, 0.29) is 11.4 Å². The molecule has 0 spiro atoms. The maximum absolute atomic E-state index is 13.2. The number of aryl methyl sites for hydroxylation is 2. The molecule has 110 valence electrons. The summed E-state index contributed by atoms with van der Waals surface area (Å²) in [7, 11) is 0. The molecule has 21 heavy (non-hydrogen) atoms. The summed E-state index contributed by atoms with van der Waals surface area (Å²) in [5.41, 5.74) is 1.43. The van der Waals surface area contributed by atoms with Crippen molar-refractivity contribution in [1.82, 2.24) is 9.97 Å². The number of halogens is 2. The second kappa shape index (κ2) is 6.53. The van der Waals surface area contributed by atoms with Crippen LogP contribution >= 0.6 is 27.7 Å². The Bertz CT molecular complexity index is 710. The first-order chi connectivity index (χ1) is 9.88. The van der Waals surface area contributed by atoms with Gasteiger partial charge in [0.15, 0.2) is 0 Å². The van der Waals surface area contributed by atoms with Crippen LogP contribution in [0.25, 0.3) is 0 Å². The molecule has 0 aliphatic rings. The summed E-state index contributed by atoms with van der Waals surface area (Å²) in [6.45, 7) is 3.37. The van der Waals surface area contributed by atoms with Crippen molar-refractivity contribution >= 4 is 33.7 Å². The normalized spacial score (nSPS) is 10.7. The molecule has 1 aromatic carbocycles. The lowest BCUT2D eigenvalue weighted by molar-refractivity contribution is 0.0690. The predicted molar refractivity (Wildman–Crippen MR) is 82.1 cm³/mol. The van der Waals surface area contributed by atoms with Crippen LogP contribution in [-0.4, -0.2) is 21.0 Å². The molecule has 0 aliphatic heterocycles. The molecule has 2 aromatic rings. The molecule has 0 aliphatic carbocycles. The van der Waals surface area contributed by atoms with Crippen LogP contribution in [0.1, 0.15) is 27.4 Å². The third kappa shape index (κ3) is 3.79. The Balaban J connectivity index is 2.27. The fourth-order valence-electron chi connectivity index (χ4n) is 1.81. The Morgan fingerprint density at radius 1 is 1.38 bits per heavy atom. The molecule has 4 nitrogen and oxygen atoms in total. The Hall–Kier alpha value is -1.47. The van der Waals surface area contributed by atoms with Gasteiger partial charge >= 0.3 is 5.97 Å². The molecule has 7 heteroatoms. The average Bonchev–Trinajstić information content (AvgIpc) is 2.38. The molecule has 1 N–H and O–H groups in total. The van der Waals surface area contributed by atoms with E-state index in [0.717, 1.165) is 5.56 Å². The smallest absolute Gasteiger partial charge is 0.340 e. The Kier molecular flexibility index (Phi) is 4.95. The molecule has 1 aromatic heterocycles. The zero-order chi connectivity index (χ0) is 15.6. The SMILES string of the molecule is Cc1nc(C)c(C(=O)O)c(SCc2ccc(F)c(Br)c2)n1. The molecule has 0 unspecified atom stereocenters. The van der Waals surface area contributed by atoms with E-state index in [1.165, 1.54) is 17.8 Å². The number of carboxylic acid groups (broad SMARTS) is 1. The zero-order valence-electron chi connectivity index (χ0n) is 11.4. The second-order valence-electron chi connectivity index (χ2n) is 4.38. The molecule has 0 amide bonds. The van der Waals surface area contributed by atoms with Gasteiger partial charge in [-0.25, -0.2) is 19.2 Å². The van der Waals surface area contributed by atoms with Crippen molar-refractivity contribution in [2.75, 3.05) is 0 Å². The summed E-state index contributed by atoms with van der Waals surface area (Å²) in [6, 6.07) is 4.70. The standard InChI is InChI=1S/C14H12BrFN2O2S/c1-7-12(14(19)20)13(18-8(2)17-7)21-6-9-3-4-11(16)10(15)5-9/h3-5H,6H2,1-2H3,(H,19,20). The number of nitrogens with zero attached hydrogens (tertiary/aromatic N) is 2. The van der Waals surface area contributed by atoms with Gasteiger partial charge in [0, 0.05) is 5.75 Å². The molecular weight excluding hydrogens is 359 g/mol. The van der Waals surface area contributed by atoms with Crippen molar-refractivity contribution in [3.8, 4) is 0 Å². The highest BCUT2D eigenvalue weighted by molar-refractivity contribution is 9.10. The number of rotatable bonds is 4. The Morgan fingerprint density at radius 3 is 2.71 bits per heavy atom. The highest BCUT2D eigenvalue weighted by Crippen LogP contribution is 2.27. The van der Waals surface area contributed by atoms with Crippen LogP contribution in [-0.2, 0) is 5.75 Å². The highest BCUT2D eigenvalue weighted by atomic mass is 79.9.